The van der Waals surface area contributed by atoms with Crippen LogP contribution in [0.4, 0.5) is 0 Å². The summed E-state index contributed by atoms with van der Waals surface area (Å²) in [4.78, 5) is 0. The third kappa shape index (κ3) is 2.14. The summed E-state index contributed by atoms with van der Waals surface area (Å²) in [5.74, 6) is 0.339. The van der Waals surface area contributed by atoms with Crippen molar-refractivity contribution in [1.29, 1.82) is 0 Å². The van der Waals surface area contributed by atoms with Crippen molar-refractivity contribution >= 4 is 15.9 Å². The molecule has 0 aromatic heterocycles. The van der Waals surface area contributed by atoms with Crippen molar-refractivity contribution in [1.82, 2.24) is 0 Å². The van der Waals surface area contributed by atoms with Crippen molar-refractivity contribution in [3.63, 3.8) is 0 Å². The van der Waals surface area contributed by atoms with Gasteiger partial charge in [-0.15, -0.1) is 0 Å². The molecular weight excluding hydrogens is 236 g/mol. The van der Waals surface area contributed by atoms with E-state index in [9.17, 15) is 10.2 Å². The molecule has 4 heteroatoms. The van der Waals surface area contributed by atoms with Gasteiger partial charge in [0.1, 0.15) is 0 Å². The molecule has 1 atom stereocenters. The second kappa shape index (κ2) is 3.98. The number of aliphatic hydroxyl groups excluding tert-OH is 1. The fourth-order valence-electron chi connectivity index (χ4n) is 1.07. The first-order chi connectivity index (χ1) is 6.06. The highest BCUT2D eigenvalue weighted by molar-refractivity contribution is 9.10. The van der Waals surface area contributed by atoms with Gasteiger partial charge in [0.15, 0.2) is 11.5 Å². The molecule has 0 unspecified atom stereocenters. The van der Waals surface area contributed by atoms with Crippen LogP contribution in [0.15, 0.2) is 16.6 Å². The van der Waals surface area contributed by atoms with Crippen LogP contribution in [0.2, 0.25) is 0 Å². The molecule has 0 aliphatic carbocycles. The van der Waals surface area contributed by atoms with E-state index in [1.807, 2.05) is 0 Å². The first-order valence-corrected chi connectivity index (χ1v) is 4.60. The number of rotatable bonds is 2. The van der Waals surface area contributed by atoms with Gasteiger partial charge in [0.05, 0.1) is 13.2 Å². The number of aromatic hydroxyl groups is 1. The Balaban J connectivity index is 3.27. The van der Waals surface area contributed by atoms with Crippen LogP contribution in [0.5, 0.6) is 11.5 Å². The predicted molar refractivity (Wildman–Crippen MR) is 53.0 cm³/mol. The first-order valence-electron chi connectivity index (χ1n) is 3.80. The minimum absolute atomic E-state index is 0.0132. The van der Waals surface area contributed by atoms with Gasteiger partial charge in [0.25, 0.3) is 0 Å². The lowest BCUT2D eigenvalue weighted by molar-refractivity contribution is 0.193. The molecule has 0 aliphatic rings. The average molecular weight is 247 g/mol. The second-order valence-electron chi connectivity index (χ2n) is 2.72. The van der Waals surface area contributed by atoms with Crippen LogP contribution in [0.1, 0.15) is 18.6 Å². The van der Waals surface area contributed by atoms with Crippen molar-refractivity contribution in [2.45, 2.75) is 13.0 Å². The van der Waals surface area contributed by atoms with E-state index in [1.54, 1.807) is 19.1 Å². The normalized spacial score (nSPS) is 12.6. The number of ether oxygens (including phenoxy) is 1. The summed E-state index contributed by atoms with van der Waals surface area (Å²) in [6.07, 6.45) is -0.716. The van der Waals surface area contributed by atoms with E-state index in [4.69, 9.17) is 4.74 Å². The fraction of sp³-hybridized carbons (Fsp3) is 0.333. The number of methoxy groups -OCH3 is 1. The first kappa shape index (κ1) is 10.3. The van der Waals surface area contributed by atoms with Gasteiger partial charge >= 0.3 is 0 Å². The summed E-state index contributed by atoms with van der Waals surface area (Å²) < 4.78 is 5.69. The SMILES string of the molecule is COc1cc(Br)cc([C@@H](C)O)c1O. The number of halogens is 1. The largest absolute Gasteiger partial charge is 0.504 e. The summed E-state index contributed by atoms with van der Waals surface area (Å²) in [6, 6.07) is 3.30. The van der Waals surface area contributed by atoms with Gasteiger partial charge < -0.3 is 14.9 Å². The van der Waals surface area contributed by atoms with Crippen molar-refractivity contribution in [2.24, 2.45) is 0 Å². The molecule has 1 aromatic carbocycles. The van der Waals surface area contributed by atoms with Gasteiger partial charge in [0.2, 0.25) is 0 Å². The molecule has 1 rings (SSSR count). The molecule has 0 fully saturated rings. The number of aliphatic hydroxyl groups is 1. The lowest BCUT2D eigenvalue weighted by atomic mass is 10.1. The van der Waals surface area contributed by atoms with Gasteiger partial charge in [-0.1, -0.05) is 15.9 Å². The second-order valence-corrected chi connectivity index (χ2v) is 3.64. The standard InChI is InChI=1S/C9H11BrO3/c1-5(11)7-3-6(10)4-8(13-2)9(7)12/h3-5,11-12H,1-2H3/t5-/m1/s1. The summed E-state index contributed by atoms with van der Waals surface area (Å²) >= 11 is 3.25. The summed E-state index contributed by atoms with van der Waals surface area (Å²) in [5, 5.41) is 18.9. The molecule has 0 amide bonds. The number of hydrogen-bond donors (Lipinski definition) is 2. The number of phenolic OH excluding ortho intramolecular Hbond substituents is 1. The van der Waals surface area contributed by atoms with Crippen LogP contribution in [0.25, 0.3) is 0 Å². The van der Waals surface area contributed by atoms with Crippen LogP contribution in [-0.4, -0.2) is 17.3 Å². The van der Waals surface area contributed by atoms with Crippen LogP contribution < -0.4 is 4.74 Å². The Morgan fingerprint density at radius 2 is 2.08 bits per heavy atom. The fourth-order valence-corrected chi connectivity index (χ4v) is 1.52. The van der Waals surface area contributed by atoms with E-state index in [-0.39, 0.29) is 5.75 Å². The van der Waals surface area contributed by atoms with Gasteiger partial charge in [-0.2, -0.15) is 0 Å². The minimum Gasteiger partial charge on any atom is -0.504 e. The molecular formula is C9H11BrO3. The molecule has 0 spiro atoms. The Morgan fingerprint density at radius 1 is 1.46 bits per heavy atom. The van der Waals surface area contributed by atoms with E-state index < -0.39 is 6.10 Å². The average Bonchev–Trinajstić information content (AvgIpc) is 2.08. The third-order valence-corrected chi connectivity index (χ3v) is 2.20. The predicted octanol–water partition coefficient (Wildman–Crippen LogP) is 2.22. The molecule has 0 bridgehead atoms. The Kier molecular flexibility index (Phi) is 3.17. The maximum atomic E-state index is 9.58. The zero-order valence-electron chi connectivity index (χ0n) is 7.41. The van der Waals surface area contributed by atoms with Gasteiger partial charge in [-0.25, -0.2) is 0 Å². The van der Waals surface area contributed by atoms with Crippen LogP contribution >= 0.6 is 15.9 Å². The molecule has 1 aromatic rings. The van der Waals surface area contributed by atoms with Crippen molar-refractivity contribution < 1.29 is 14.9 Å². The molecule has 3 nitrogen and oxygen atoms in total. The molecule has 72 valence electrons. The molecule has 0 saturated carbocycles. The number of phenols is 1. The smallest absolute Gasteiger partial charge is 0.163 e. The lowest BCUT2D eigenvalue weighted by Gasteiger charge is -2.11. The number of benzene rings is 1. The highest BCUT2D eigenvalue weighted by atomic mass is 79.9. The Labute approximate surface area is 85.1 Å². The maximum absolute atomic E-state index is 9.58. The molecule has 13 heavy (non-hydrogen) atoms. The Bertz CT molecular complexity index is 310. The van der Waals surface area contributed by atoms with Gasteiger partial charge in [-0.05, 0) is 19.1 Å². The van der Waals surface area contributed by atoms with Crippen molar-refractivity contribution in [3.8, 4) is 11.5 Å². The van der Waals surface area contributed by atoms with Crippen LogP contribution in [0.3, 0.4) is 0 Å². The molecule has 0 saturated heterocycles. The zero-order valence-corrected chi connectivity index (χ0v) is 9.00. The summed E-state index contributed by atoms with van der Waals surface area (Å²) in [5.41, 5.74) is 0.450. The highest BCUT2D eigenvalue weighted by Crippen LogP contribution is 2.36. The van der Waals surface area contributed by atoms with E-state index in [0.29, 0.717) is 11.3 Å². The summed E-state index contributed by atoms with van der Waals surface area (Å²) in [7, 11) is 1.47. The van der Waals surface area contributed by atoms with E-state index in [1.165, 1.54) is 7.11 Å². The monoisotopic (exact) mass is 246 g/mol. The van der Waals surface area contributed by atoms with E-state index in [0.717, 1.165) is 4.47 Å². The highest BCUT2D eigenvalue weighted by Gasteiger charge is 2.13. The van der Waals surface area contributed by atoms with E-state index in [2.05, 4.69) is 15.9 Å². The third-order valence-electron chi connectivity index (χ3n) is 1.74. The number of hydrogen-bond acceptors (Lipinski definition) is 3. The van der Waals surface area contributed by atoms with Crippen LogP contribution in [0, 0.1) is 0 Å². The van der Waals surface area contributed by atoms with Crippen molar-refractivity contribution in [3.05, 3.63) is 22.2 Å². The Morgan fingerprint density at radius 3 is 2.54 bits per heavy atom. The Hall–Kier alpha value is -0.740. The maximum Gasteiger partial charge on any atom is 0.163 e. The molecule has 0 radical (unpaired) electrons. The van der Waals surface area contributed by atoms with Crippen molar-refractivity contribution in [2.75, 3.05) is 7.11 Å². The quantitative estimate of drug-likeness (QED) is 0.842. The summed E-state index contributed by atoms with van der Waals surface area (Å²) in [6.45, 7) is 1.58. The van der Waals surface area contributed by atoms with Gasteiger partial charge in [-0.3, -0.25) is 0 Å². The topological polar surface area (TPSA) is 49.7 Å². The molecule has 0 aliphatic heterocycles. The zero-order chi connectivity index (χ0) is 10.0. The molecule has 0 heterocycles. The lowest BCUT2D eigenvalue weighted by Crippen LogP contribution is -1.94. The van der Waals surface area contributed by atoms with Crippen LogP contribution in [-0.2, 0) is 0 Å². The molecule has 2 N–H and O–H groups in total. The van der Waals surface area contributed by atoms with Gasteiger partial charge in [0, 0.05) is 10.0 Å². The van der Waals surface area contributed by atoms with E-state index >= 15 is 0 Å². The minimum atomic E-state index is -0.716.